The molecule has 4 heteroatoms. The number of amides is 1. The second-order valence-electron chi connectivity index (χ2n) is 4.38. The molecular weight excluding hydrogens is 244 g/mol. The quantitative estimate of drug-likeness (QED) is 0.745. The highest BCUT2D eigenvalue weighted by Crippen LogP contribution is 2.21. The minimum absolute atomic E-state index is 0.0441. The molecule has 3 nitrogen and oxygen atoms in total. The molecule has 1 aromatic rings. The Labute approximate surface area is 114 Å². The summed E-state index contributed by atoms with van der Waals surface area (Å²) in [4.78, 5) is 12.9. The van der Waals surface area contributed by atoms with E-state index in [-0.39, 0.29) is 11.9 Å². The van der Waals surface area contributed by atoms with Crippen molar-refractivity contribution in [2.75, 3.05) is 6.54 Å². The molecule has 100 valence electrons. The maximum atomic E-state index is 11.6. The number of hydrogen-bond donors (Lipinski definition) is 2. The van der Waals surface area contributed by atoms with E-state index >= 15 is 0 Å². The van der Waals surface area contributed by atoms with Crippen LogP contribution in [0.2, 0.25) is 0 Å². The summed E-state index contributed by atoms with van der Waals surface area (Å²) in [6.45, 7) is 4.78. The molecule has 0 aliphatic carbocycles. The van der Waals surface area contributed by atoms with Gasteiger partial charge in [-0.1, -0.05) is 38.5 Å². The van der Waals surface area contributed by atoms with Crippen molar-refractivity contribution in [3.05, 3.63) is 30.3 Å². The van der Waals surface area contributed by atoms with Crippen LogP contribution in [0.1, 0.15) is 26.7 Å². The third-order valence-electron chi connectivity index (χ3n) is 2.58. The van der Waals surface area contributed by atoms with Gasteiger partial charge in [-0.2, -0.15) is 0 Å². The summed E-state index contributed by atoms with van der Waals surface area (Å²) >= 11 is 1.76. The first-order chi connectivity index (χ1) is 8.63. The van der Waals surface area contributed by atoms with Gasteiger partial charge in [0, 0.05) is 16.7 Å². The predicted molar refractivity (Wildman–Crippen MR) is 77.7 cm³/mol. The van der Waals surface area contributed by atoms with Crippen molar-refractivity contribution < 1.29 is 4.79 Å². The number of carbonyl (C=O) groups is 1. The van der Waals surface area contributed by atoms with Crippen molar-refractivity contribution in [1.29, 1.82) is 0 Å². The summed E-state index contributed by atoms with van der Waals surface area (Å²) in [5.74, 6) is -0.0441. The van der Waals surface area contributed by atoms with Crippen molar-refractivity contribution in [2.45, 2.75) is 42.9 Å². The van der Waals surface area contributed by atoms with E-state index in [1.807, 2.05) is 25.1 Å². The number of nitrogens with two attached hydrogens (primary N) is 1. The van der Waals surface area contributed by atoms with Crippen LogP contribution in [-0.4, -0.2) is 23.7 Å². The number of thioether (sulfide) groups is 1. The zero-order valence-corrected chi connectivity index (χ0v) is 11.9. The summed E-state index contributed by atoms with van der Waals surface area (Å²) in [5.41, 5.74) is 5.75. The third kappa shape index (κ3) is 5.56. The fourth-order valence-electron chi connectivity index (χ4n) is 1.59. The van der Waals surface area contributed by atoms with Crippen LogP contribution in [-0.2, 0) is 4.79 Å². The minimum atomic E-state index is -0.371. The molecule has 2 atom stereocenters. The Morgan fingerprint density at radius 1 is 1.39 bits per heavy atom. The Morgan fingerprint density at radius 2 is 2.06 bits per heavy atom. The van der Waals surface area contributed by atoms with Crippen LogP contribution in [0.4, 0.5) is 0 Å². The molecule has 1 aromatic carbocycles. The Kier molecular flexibility index (Phi) is 6.83. The van der Waals surface area contributed by atoms with Gasteiger partial charge in [0.05, 0.1) is 6.04 Å². The second-order valence-corrected chi connectivity index (χ2v) is 5.89. The van der Waals surface area contributed by atoms with Crippen molar-refractivity contribution in [1.82, 2.24) is 5.32 Å². The highest BCUT2D eigenvalue weighted by atomic mass is 32.2. The topological polar surface area (TPSA) is 55.1 Å². The minimum Gasteiger partial charge on any atom is -0.354 e. The summed E-state index contributed by atoms with van der Waals surface area (Å²) in [5, 5.41) is 3.24. The van der Waals surface area contributed by atoms with Gasteiger partial charge in [0.2, 0.25) is 5.91 Å². The molecule has 0 aromatic heterocycles. The molecule has 0 heterocycles. The van der Waals surface area contributed by atoms with Crippen LogP contribution in [0.15, 0.2) is 35.2 Å². The molecule has 0 aliphatic rings. The van der Waals surface area contributed by atoms with Crippen LogP contribution >= 0.6 is 11.8 Å². The molecule has 18 heavy (non-hydrogen) atoms. The maximum absolute atomic E-state index is 11.6. The van der Waals surface area contributed by atoms with E-state index in [1.54, 1.807) is 11.8 Å². The zero-order valence-electron chi connectivity index (χ0n) is 11.1. The Bertz CT molecular complexity index is 356. The average Bonchev–Trinajstić information content (AvgIpc) is 2.37. The lowest BCUT2D eigenvalue weighted by molar-refractivity contribution is -0.122. The average molecular weight is 266 g/mol. The standard InChI is InChI=1S/C14H22N2OS/c1-3-7-13(15)14(17)16-10-11(2)18-12-8-5-4-6-9-12/h4-6,8-9,11,13H,3,7,10,15H2,1-2H3,(H,16,17). The molecule has 0 saturated heterocycles. The highest BCUT2D eigenvalue weighted by Gasteiger charge is 2.13. The number of carbonyl (C=O) groups excluding carboxylic acids is 1. The first-order valence-electron chi connectivity index (χ1n) is 6.38. The van der Waals surface area contributed by atoms with E-state index in [0.29, 0.717) is 11.8 Å². The summed E-state index contributed by atoms with van der Waals surface area (Å²) in [7, 11) is 0. The SMILES string of the molecule is CCCC(N)C(=O)NCC(C)Sc1ccccc1. The van der Waals surface area contributed by atoms with Crippen LogP contribution in [0.5, 0.6) is 0 Å². The molecular formula is C14H22N2OS. The summed E-state index contributed by atoms with van der Waals surface area (Å²) < 4.78 is 0. The highest BCUT2D eigenvalue weighted by molar-refractivity contribution is 8.00. The van der Waals surface area contributed by atoms with Crippen molar-refractivity contribution >= 4 is 17.7 Å². The van der Waals surface area contributed by atoms with Gasteiger partial charge >= 0.3 is 0 Å². The van der Waals surface area contributed by atoms with Gasteiger partial charge in [0.25, 0.3) is 0 Å². The molecule has 0 bridgehead atoms. The molecule has 1 rings (SSSR count). The Hall–Kier alpha value is -1.00. The lowest BCUT2D eigenvalue weighted by Gasteiger charge is -2.15. The lowest BCUT2D eigenvalue weighted by atomic mass is 10.2. The monoisotopic (exact) mass is 266 g/mol. The molecule has 1 amide bonds. The number of rotatable bonds is 7. The van der Waals surface area contributed by atoms with Crippen LogP contribution < -0.4 is 11.1 Å². The van der Waals surface area contributed by atoms with Gasteiger partial charge in [-0.15, -0.1) is 11.8 Å². The summed E-state index contributed by atoms with van der Waals surface area (Å²) in [6, 6.07) is 9.82. The van der Waals surface area contributed by atoms with E-state index in [2.05, 4.69) is 24.4 Å². The lowest BCUT2D eigenvalue weighted by Crippen LogP contribution is -2.42. The third-order valence-corrected chi connectivity index (χ3v) is 3.69. The van der Waals surface area contributed by atoms with Gasteiger partial charge in [-0.05, 0) is 18.6 Å². The molecule has 3 N–H and O–H groups in total. The smallest absolute Gasteiger partial charge is 0.236 e. The normalized spacial score (nSPS) is 13.9. The number of hydrogen-bond acceptors (Lipinski definition) is 3. The van der Waals surface area contributed by atoms with E-state index in [0.717, 1.165) is 12.8 Å². The fourth-order valence-corrected chi connectivity index (χ4v) is 2.54. The van der Waals surface area contributed by atoms with Crippen LogP contribution in [0, 0.1) is 0 Å². The Morgan fingerprint density at radius 3 is 2.67 bits per heavy atom. The Balaban J connectivity index is 2.29. The zero-order chi connectivity index (χ0) is 13.4. The van der Waals surface area contributed by atoms with Gasteiger partial charge < -0.3 is 11.1 Å². The molecule has 0 radical (unpaired) electrons. The van der Waals surface area contributed by atoms with Crippen LogP contribution in [0.3, 0.4) is 0 Å². The van der Waals surface area contributed by atoms with E-state index in [1.165, 1.54) is 4.90 Å². The molecule has 2 unspecified atom stereocenters. The molecule has 0 spiro atoms. The number of nitrogens with one attached hydrogen (secondary N) is 1. The molecule has 0 saturated carbocycles. The fraction of sp³-hybridized carbons (Fsp3) is 0.500. The van der Waals surface area contributed by atoms with Gasteiger partial charge in [-0.3, -0.25) is 4.79 Å². The molecule has 0 aliphatic heterocycles. The largest absolute Gasteiger partial charge is 0.354 e. The van der Waals surface area contributed by atoms with Gasteiger partial charge in [-0.25, -0.2) is 0 Å². The maximum Gasteiger partial charge on any atom is 0.236 e. The van der Waals surface area contributed by atoms with Crippen molar-refractivity contribution in [2.24, 2.45) is 5.73 Å². The first kappa shape index (κ1) is 15.1. The number of benzene rings is 1. The molecule has 0 fully saturated rings. The van der Waals surface area contributed by atoms with Crippen molar-refractivity contribution in [3.63, 3.8) is 0 Å². The predicted octanol–water partition coefficient (Wildman–Crippen LogP) is 2.41. The van der Waals surface area contributed by atoms with E-state index in [4.69, 9.17) is 5.73 Å². The van der Waals surface area contributed by atoms with E-state index in [9.17, 15) is 4.79 Å². The van der Waals surface area contributed by atoms with E-state index < -0.39 is 0 Å². The second kappa shape index (κ2) is 8.16. The van der Waals surface area contributed by atoms with Gasteiger partial charge in [0.1, 0.15) is 0 Å². The van der Waals surface area contributed by atoms with Gasteiger partial charge in [0.15, 0.2) is 0 Å². The summed E-state index contributed by atoms with van der Waals surface area (Å²) in [6.07, 6.45) is 1.68. The van der Waals surface area contributed by atoms with Crippen LogP contribution in [0.25, 0.3) is 0 Å². The first-order valence-corrected chi connectivity index (χ1v) is 7.26. The van der Waals surface area contributed by atoms with Crippen molar-refractivity contribution in [3.8, 4) is 0 Å².